The molecule has 0 aliphatic carbocycles. The van der Waals surface area contributed by atoms with Gasteiger partial charge >= 0.3 is 0 Å². The van der Waals surface area contributed by atoms with Crippen molar-refractivity contribution in [3.05, 3.63) is 32.7 Å². The summed E-state index contributed by atoms with van der Waals surface area (Å²) in [7, 11) is 0. The highest BCUT2D eigenvalue weighted by Crippen LogP contribution is 2.27. The molecular weight excluding hydrogens is 454 g/mol. The number of nitrogens with zero attached hydrogens (tertiary/aromatic N) is 1. The van der Waals surface area contributed by atoms with Gasteiger partial charge in [0.05, 0.1) is 17.3 Å². The molecule has 1 unspecified atom stereocenters. The number of morpholine rings is 1. The third kappa shape index (κ3) is 3.84. The van der Waals surface area contributed by atoms with Crippen LogP contribution >= 0.6 is 47.8 Å². The Morgan fingerprint density at radius 3 is 2.80 bits per heavy atom. The number of halogens is 3. The van der Waals surface area contributed by atoms with Crippen molar-refractivity contribution in [2.24, 2.45) is 0 Å². The maximum atomic E-state index is 12.7. The van der Waals surface area contributed by atoms with Crippen molar-refractivity contribution in [1.29, 1.82) is 0 Å². The van der Waals surface area contributed by atoms with Gasteiger partial charge in [-0.3, -0.25) is 4.79 Å². The van der Waals surface area contributed by atoms with Crippen molar-refractivity contribution < 1.29 is 9.53 Å². The quantitative estimate of drug-likeness (QED) is 0.607. The Kier molecular flexibility index (Phi) is 5.32. The van der Waals surface area contributed by atoms with Gasteiger partial charge in [0, 0.05) is 27.4 Å². The summed E-state index contributed by atoms with van der Waals surface area (Å²) in [6.07, 6.45) is 0.0219. The standard InChI is InChI=1S/C14H16Br3NO2/c1-14(2)8-18(7-10(6-15)20-14)13(19)11-5-9(16)3-4-12(11)17/h3-5,10H,6-8H2,1-2H3. The van der Waals surface area contributed by atoms with Gasteiger partial charge in [-0.2, -0.15) is 0 Å². The molecule has 0 saturated carbocycles. The van der Waals surface area contributed by atoms with Crippen molar-refractivity contribution in [3.8, 4) is 0 Å². The summed E-state index contributed by atoms with van der Waals surface area (Å²) in [5.41, 5.74) is 0.343. The molecule has 3 nitrogen and oxygen atoms in total. The molecule has 1 aromatic rings. The van der Waals surface area contributed by atoms with Crippen LogP contribution in [0, 0.1) is 0 Å². The number of carbonyl (C=O) groups excluding carboxylic acids is 1. The van der Waals surface area contributed by atoms with Crippen molar-refractivity contribution in [1.82, 2.24) is 4.90 Å². The van der Waals surface area contributed by atoms with E-state index in [1.807, 2.05) is 36.9 Å². The summed E-state index contributed by atoms with van der Waals surface area (Å²) in [4.78, 5) is 14.6. The van der Waals surface area contributed by atoms with Crippen LogP contribution in [0.1, 0.15) is 24.2 Å². The molecule has 0 bridgehead atoms. The van der Waals surface area contributed by atoms with Crippen molar-refractivity contribution >= 4 is 53.7 Å². The van der Waals surface area contributed by atoms with Crippen LogP contribution in [0.3, 0.4) is 0 Å². The molecule has 1 aromatic carbocycles. The smallest absolute Gasteiger partial charge is 0.255 e. The second-order valence-electron chi connectivity index (χ2n) is 5.46. The second-order valence-corrected chi connectivity index (χ2v) is 7.88. The van der Waals surface area contributed by atoms with Crippen molar-refractivity contribution in [2.75, 3.05) is 18.4 Å². The summed E-state index contributed by atoms with van der Waals surface area (Å²) in [5, 5.41) is 0.722. The molecular formula is C14H16Br3NO2. The fourth-order valence-electron chi connectivity index (χ4n) is 2.36. The number of hydrogen-bond donors (Lipinski definition) is 0. The van der Waals surface area contributed by atoms with Crippen LogP contribution in [0.25, 0.3) is 0 Å². The molecule has 1 amide bonds. The van der Waals surface area contributed by atoms with Gasteiger partial charge < -0.3 is 9.64 Å². The van der Waals surface area contributed by atoms with Crippen LogP contribution in [-0.4, -0.2) is 40.9 Å². The first-order valence-electron chi connectivity index (χ1n) is 6.30. The zero-order chi connectivity index (χ0) is 14.9. The van der Waals surface area contributed by atoms with Crippen LogP contribution in [0.15, 0.2) is 27.1 Å². The molecule has 1 fully saturated rings. The van der Waals surface area contributed by atoms with Crippen molar-refractivity contribution in [3.63, 3.8) is 0 Å². The van der Waals surface area contributed by atoms with E-state index in [0.717, 1.165) is 14.3 Å². The van der Waals surface area contributed by atoms with Gasteiger partial charge in [-0.25, -0.2) is 0 Å². The van der Waals surface area contributed by atoms with E-state index in [1.54, 1.807) is 0 Å². The molecule has 0 N–H and O–H groups in total. The van der Waals surface area contributed by atoms with E-state index < -0.39 is 0 Å². The van der Waals surface area contributed by atoms with E-state index in [9.17, 15) is 4.79 Å². The molecule has 0 aromatic heterocycles. The average Bonchev–Trinajstić information content (AvgIpc) is 2.38. The highest BCUT2D eigenvalue weighted by molar-refractivity contribution is 9.11. The molecule has 2 rings (SSSR count). The van der Waals surface area contributed by atoms with E-state index in [1.165, 1.54) is 0 Å². The predicted molar refractivity (Wildman–Crippen MR) is 90.5 cm³/mol. The van der Waals surface area contributed by atoms with Crippen LogP contribution in [-0.2, 0) is 4.74 Å². The minimum absolute atomic E-state index is 0.0219. The number of rotatable bonds is 2. The maximum absolute atomic E-state index is 12.7. The minimum atomic E-state index is -0.329. The molecule has 1 aliphatic heterocycles. The van der Waals surface area contributed by atoms with Gasteiger partial charge in [0.2, 0.25) is 0 Å². The van der Waals surface area contributed by atoms with E-state index in [0.29, 0.717) is 18.7 Å². The van der Waals surface area contributed by atoms with Gasteiger partial charge in [-0.1, -0.05) is 31.9 Å². The maximum Gasteiger partial charge on any atom is 0.255 e. The number of ether oxygens (including phenoxy) is 1. The summed E-state index contributed by atoms with van der Waals surface area (Å²) in [6, 6.07) is 5.63. The number of benzene rings is 1. The Hall–Kier alpha value is 0.0900. The van der Waals surface area contributed by atoms with Crippen LogP contribution in [0.5, 0.6) is 0 Å². The first-order chi connectivity index (χ1) is 9.32. The summed E-state index contributed by atoms with van der Waals surface area (Å²) in [6.45, 7) is 5.22. The van der Waals surface area contributed by atoms with E-state index in [2.05, 4.69) is 47.8 Å². The van der Waals surface area contributed by atoms with Crippen molar-refractivity contribution in [2.45, 2.75) is 25.6 Å². The fraction of sp³-hybridized carbons (Fsp3) is 0.500. The molecule has 6 heteroatoms. The monoisotopic (exact) mass is 467 g/mol. The van der Waals surface area contributed by atoms with E-state index in [-0.39, 0.29) is 17.6 Å². The molecule has 20 heavy (non-hydrogen) atoms. The first-order valence-corrected chi connectivity index (χ1v) is 9.01. The van der Waals surface area contributed by atoms with Gasteiger partial charge in [0.25, 0.3) is 5.91 Å². The van der Waals surface area contributed by atoms with Gasteiger partial charge in [-0.15, -0.1) is 0 Å². The van der Waals surface area contributed by atoms with Crippen LogP contribution < -0.4 is 0 Å². The van der Waals surface area contributed by atoms with Gasteiger partial charge in [0.1, 0.15) is 0 Å². The largest absolute Gasteiger partial charge is 0.368 e. The second kappa shape index (κ2) is 6.46. The Labute approximate surface area is 144 Å². The third-order valence-corrected chi connectivity index (χ3v) is 5.01. The minimum Gasteiger partial charge on any atom is -0.368 e. The predicted octanol–water partition coefficient (Wildman–Crippen LogP) is 4.23. The highest BCUT2D eigenvalue weighted by atomic mass is 79.9. The molecule has 0 spiro atoms. The third-order valence-electron chi connectivity index (χ3n) is 3.10. The van der Waals surface area contributed by atoms with Crippen LogP contribution in [0.2, 0.25) is 0 Å². The summed E-state index contributed by atoms with van der Waals surface area (Å²) >= 11 is 10.3. The van der Waals surface area contributed by atoms with Gasteiger partial charge in [0.15, 0.2) is 0 Å². The van der Waals surface area contributed by atoms with Gasteiger partial charge in [-0.05, 0) is 48.0 Å². The average molecular weight is 470 g/mol. The lowest BCUT2D eigenvalue weighted by Crippen LogP contribution is -2.55. The lowest BCUT2D eigenvalue weighted by Gasteiger charge is -2.42. The highest BCUT2D eigenvalue weighted by Gasteiger charge is 2.35. The number of amides is 1. The SMILES string of the molecule is CC1(C)CN(C(=O)c2cc(Br)ccc2Br)CC(CBr)O1. The Morgan fingerprint density at radius 1 is 1.45 bits per heavy atom. The fourth-order valence-corrected chi connectivity index (χ4v) is 3.48. The molecule has 1 heterocycles. The van der Waals surface area contributed by atoms with E-state index in [4.69, 9.17) is 4.74 Å². The first kappa shape index (κ1) is 16.5. The molecule has 110 valence electrons. The van der Waals surface area contributed by atoms with Crippen LogP contribution in [0.4, 0.5) is 0 Å². The number of hydrogen-bond acceptors (Lipinski definition) is 2. The lowest BCUT2D eigenvalue weighted by molar-refractivity contribution is -0.116. The molecule has 0 radical (unpaired) electrons. The zero-order valence-electron chi connectivity index (χ0n) is 11.3. The van der Waals surface area contributed by atoms with E-state index >= 15 is 0 Å². The molecule has 1 aliphatic rings. The Morgan fingerprint density at radius 2 is 2.15 bits per heavy atom. The number of alkyl halides is 1. The number of carbonyl (C=O) groups is 1. The topological polar surface area (TPSA) is 29.5 Å². The Balaban J connectivity index is 2.25. The normalized spacial score (nSPS) is 21.9. The molecule has 1 atom stereocenters. The Bertz CT molecular complexity index is 519. The summed E-state index contributed by atoms with van der Waals surface area (Å²) < 4.78 is 7.64. The summed E-state index contributed by atoms with van der Waals surface area (Å²) in [5.74, 6) is 0.0282. The zero-order valence-corrected chi connectivity index (χ0v) is 16.1. The lowest BCUT2D eigenvalue weighted by atomic mass is 10.0. The molecule has 1 saturated heterocycles.